The zero-order chi connectivity index (χ0) is 22.5. The van der Waals surface area contributed by atoms with Crippen molar-refractivity contribution in [2.45, 2.75) is 22.3 Å². The lowest BCUT2D eigenvalue weighted by atomic mass is 10.1. The zero-order valence-corrected chi connectivity index (χ0v) is 18.6. The van der Waals surface area contributed by atoms with Gasteiger partial charge in [-0.2, -0.15) is 0 Å². The van der Waals surface area contributed by atoms with Gasteiger partial charge in [0.25, 0.3) is 11.6 Å². The number of aryl methyl sites for hydroxylation is 1. The fourth-order valence-corrected chi connectivity index (χ4v) is 4.52. The molecule has 1 heterocycles. The Kier molecular flexibility index (Phi) is 7.03. The van der Waals surface area contributed by atoms with Crippen LogP contribution in [0.15, 0.2) is 63.1 Å². The Balaban J connectivity index is 1.88. The Labute approximate surface area is 187 Å². The van der Waals surface area contributed by atoms with Crippen molar-refractivity contribution in [2.75, 3.05) is 14.1 Å². The summed E-state index contributed by atoms with van der Waals surface area (Å²) in [4.78, 5) is 42.4. The molecule has 160 valence electrons. The molecule has 1 atom stereocenters. The number of hydrogen-bond donors (Lipinski definition) is 0. The van der Waals surface area contributed by atoms with Gasteiger partial charge in [-0.15, -0.1) is 11.3 Å². The normalized spacial score (nSPS) is 11.6. The summed E-state index contributed by atoms with van der Waals surface area (Å²) in [6.45, 7) is 1.84. The van der Waals surface area contributed by atoms with E-state index >= 15 is 0 Å². The van der Waals surface area contributed by atoms with Crippen molar-refractivity contribution in [2.24, 2.45) is 0 Å². The molecule has 0 saturated heterocycles. The Morgan fingerprint density at radius 2 is 1.90 bits per heavy atom. The number of likely N-dealkylation sites (N-methyl/N-ethyl adjacent to an activating group) is 1. The summed E-state index contributed by atoms with van der Waals surface area (Å²) in [7, 11) is 3.12. The predicted molar refractivity (Wildman–Crippen MR) is 117 cm³/mol. The summed E-state index contributed by atoms with van der Waals surface area (Å²) < 4.78 is 6.14. The third-order valence-corrected chi connectivity index (χ3v) is 6.30. The van der Waals surface area contributed by atoms with Crippen molar-refractivity contribution in [1.82, 2.24) is 9.88 Å². The molecule has 0 fully saturated rings. The smallest absolute Gasteiger partial charge is 0.339 e. The third kappa shape index (κ3) is 5.47. The van der Waals surface area contributed by atoms with E-state index in [1.807, 2.05) is 12.3 Å². The average molecular weight is 458 g/mol. The highest BCUT2D eigenvalue weighted by Gasteiger charge is 2.28. The number of rotatable bonds is 7. The van der Waals surface area contributed by atoms with Crippen LogP contribution >= 0.6 is 23.1 Å². The quantitative estimate of drug-likeness (QED) is 0.292. The minimum atomic E-state index is -1.16. The number of thiazole rings is 1. The summed E-state index contributed by atoms with van der Waals surface area (Å²) in [6.07, 6.45) is -1.16. The zero-order valence-electron chi connectivity index (χ0n) is 17.0. The second-order valence-corrected chi connectivity index (χ2v) is 8.87. The summed E-state index contributed by atoms with van der Waals surface area (Å²) in [5, 5.41) is 13.4. The van der Waals surface area contributed by atoms with E-state index in [0.717, 1.165) is 23.5 Å². The first-order chi connectivity index (χ1) is 14.8. The van der Waals surface area contributed by atoms with Crippen molar-refractivity contribution in [3.63, 3.8) is 0 Å². The number of hydrogen-bond acceptors (Lipinski definition) is 8. The molecule has 0 aliphatic heterocycles. The van der Waals surface area contributed by atoms with Gasteiger partial charge >= 0.3 is 5.97 Å². The van der Waals surface area contributed by atoms with Crippen LogP contribution in [0.25, 0.3) is 0 Å². The maximum atomic E-state index is 12.8. The summed E-state index contributed by atoms with van der Waals surface area (Å²) in [5.74, 6) is -1.24. The fraction of sp³-hybridized carbons (Fsp3) is 0.190. The van der Waals surface area contributed by atoms with Gasteiger partial charge in [0, 0.05) is 36.8 Å². The van der Waals surface area contributed by atoms with Gasteiger partial charge in [-0.05, 0) is 19.1 Å². The van der Waals surface area contributed by atoms with E-state index in [1.54, 1.807) is 44.4 Å². The Hall–Kier alpha value is -3.24. The second-order valence-electron chi connectivity index (χ2n) is 6.73. The Bertz CT molecular complexity index is 1120. The van der Waals surface area contributed by atoms with Gasteiger partial charge in [-0.3, -0.25) is 14.9 Å². The van der Waals surface area contributed by atoms with Crippen LogP contribution in [0.3, 0.4) is 0 Å². The monoisotopic (exact) mass is 457 g/mol. The molecule has 3 aromatic rings. The topological polar surface area (TPSA) is 103 Å². The molecule has 1 unspecified atom stereocenters. The molecule has 0 bridgehead atoms. The summed E-state index contributed by atoms with van der Waals surface area (Å²) in [6, 6.07) is 12.7. The number of esters is 1. The number of amides is 1. The van der Waals surface area contributed by atoms with E-state index in [4.69, 9.17) is 4.74 Å². The molecule has 0 radical (unpaired) electrons. The van der Waals surface area contributed by atoms with Crippen molar-refractivity contribution < 1.29 is 19.2 Å². The molecule has 0 N–H and O–H groups in total. The van der Waals surface area contributed by atoms with E-state index in [-0.39, 0.29) is 11.3 Å². The number of nitro groups is 1. The average Bonchev–Trinajstić information content (AvgIpc) is 3.16. The third-order valence-electron chi connectivity index (χ3n) is 4.18. The standard InChI is InChI=1S/C21H19N3O5S2/c1-13-12-30-21(22-13)31-17-10-9-15(11-16(17)24(27)28)20(26)29-18(19(25)23(2)3)14-7-5-4-6-8-14/h4-12,18H,1-3H3. The Morgan fingerprint density at radius 3 is 2.48 bits per heavy atom. The van der Waals surface area contributed by atoms with Crippen LogP contribution in [0.4, 0.5) is 5.69 Å². The van der Waals surface area contributed by atoms with Crippen LogP contribution in [0.2, 0.25) is 0 Å². The van der Waals surface area contributed by atoms with Gasteiger partial charge in [-0.25, -0.2) is 9.78 Å². The first-order valence-corrected chi connectivity index (χ1v) is 10.8. The number of carbonyl (C=O) groups excluding carboxylic acids is 2. The minimum Gasteiger partial charge on any atom is -0.444 e. The van der Waals surface area contributed by atoms with Gasteiger partial charge < -0.3 is 9.64 Å². The van der Waals surface area contributed by atoms with Crippen LogP contribution in [-0.4, -0.2) is 40.8 Å². The number of carbonyl (C=O) groups is 2. The molecule has 1 aromatic heterocycles. The largest absolute Gasteiger partial charge is 0.444 e. The number of nitrogens with zero attached hydrogens (tertiary/aromatic N) is 3. The highest BCUT2D eigenvalue weighted by molar-refractivity contribution is 8.01. The highest BCUT2D eigenvalue weighted by atomic mass is 32.2. The molecule has 0 spiro atoms. The lowest BCUT2D eigenvalue weighted by molar-refractivity contribution is -0.387. The second kappa shape index (κ2) is 9.71. The van der Waals surface area contributed by atoms with Gasteiger partial charge in [0.1, 0.15) is 0 Å². The van der Waals surface area contributed by atoms with E-state index in [9.17, 15) is 19.7 Å². The van der Waals surface area contributed by atoms with Crippen molar-refractivity contribution in [3.05, 3.63) is 80.8 Å². The predicted octanol–water partition coefficient (Wildman–Crippen LogP) is 4.50. The number of ether oxygens (including phenoxy) is 1. The molecule has 1 amide bonds. The Morgan fingerprint density at radius 1 is 1.19 bits per heavy atom. The minimum absolute atomic E-state index is 0.0149. The number of aromatic nitrogens is 1. The number of benzene rings is 2. The lowest BCUT2D eigenvalue weighted by Crippen LogP contribution is -2.31. The SMILES string of the molecule is Cc1csc(Sc2ccc(C(=O)OC(C(=O)N(C)C)c3ccccc3)cc2[N+](=O)[O-])n1. The van der Waals surface area contributed by atoms with Crippen LogP contribution in [-0.2, 0) is 9.53 Å². The molecule has 0 saturated carbocycles. The van der Waals surface area contributed by atoms with E-state index in [1.165, 1.54) is 28.4 Å². The highest BCUT2D eigenvalue weighted by Crippen LogP contribution is 2.37. The first-order valence-electron chi connectivity index (χ1n) is 9.11. The summed E-state index contributed by atoms with van der Waals surface area (Å²) in [5.41, 5.74) is 1.09. The lowest BCUT2D eigenvalue weighted by Gasteiger charge is -2.21. The van der Waals surface area contributed by atoms with Gasteiger partial charge in [-0.1, -0.05) is 42.1 Å². The number of nitro benzene ring substituents is 1. The molecular formula is C21H19N3O5S2. The molecule has 0 aliphatic carbocycles. The molecule has 31 heavy (non-hydrogen) atoms. The first kappa shape index (κ1) is 22.4. The van der Waals surface area contributed by atoms with Crippen molar-refractivity contribution in [1.29, 1.82) is 0 Å². The van der Waals surface area contributed by atoms with Crippen molar-refractivity contribution in [3.8, 4) is 0 Å². The van der Waals surface area contributed by atoms with Crippen LogP contribution in [0.1, 0.15) is 27.7 Å². The maximum Gasteiger partial charge on any atom is 0.339 e. The fourth-order valence-electron chi connectivity index (χ4n) is 2.65. The molecule has 10 heteroatoms. The molecule has 0 aliphatic rings. The van der Waals surface area contributed by atoms with E-state index < -0.39 is 22.9 Å². The molecule has 2 aromatic carbocycles. The van der Waals surface area contributed by atoms with Gasteiger partial charge in [0.05, 0.1) is 15.4 Å². The van der Waals surface area contributed by atoms with Gasteiger partial charge in [0.2, 0.25) is 6.10 Å². The van der Waals surface area contributed by atoms with E-state index in [0.29, 0.717) is 14.8 Å². The molecule has 8 nitrogen and oxygen atoms in total. The van der Waals surface area contributed by atoms with Crippen LogP contribution in [0, 0.1) is 17.0 Å². The summed E-state index contributed by atoms with van der Waals surface area (Å²) >= 11 is 2.54. The van der Waals surface area contributed by atoms with Crippen LogP contribution < -0.4 is 0 Å². The van der Waals surface area contributed by atoms with Gasteiger partial charge in [0.15, 0.2) is 4.34 Å². The maximum absolute atomic E-state index is 12.8. The van der Waals surface area contributed by atoms with Crippen molar-refractivity contribution >= 4 is 40.7 Å². The van der Waals surface area contributed by atoms with E-state index in [2.05, 4.69) is 4.98 Å². The molecular weight excluding hydrogens is 438 g/mol. The molecule has 3 rings (SSSR count). The van der Waals surface area contributed by atoms with Crippen LogP contribution in [0.5, 0.6) is 0 Å².